The standard InChI is InChI=1S/C20H20N4O3/c1-13-9-15(24(25)26)11-22-20(13)23-7-5-14(6-8-23)18-12-21-19-4-3-16(27-2)10-17(18)19/h3-5,9-12,21H,6-8H2,1-2H3. The Morgan fingerprint density at radius 3 is 2.85 bits per heavy atom. The maximum atomic E-state index is 10.9. The molecule has 0 bridgehead atoms. The van der Waals surface area contributed by atoms with Gasteiger partial charge in [-0.2, -0.15) is 0 Å². The number of H-pyrrole nitrogens is 1. The topological polar surface area (TPSA) is 84.3 Å². The van der Waals surface area contributed by atoms with Crippen molar-refractivity contribution < 1.29 is 9.66 Å². The van der Waals surface area contributed by atoms with Crippen molar-refractivity contribution in [2.45, 2.75) is 13.3 Å². The number of hydrogen-bond acceptors (Lipinski definition) is 5. The summed E-state index contributed by atoms with van der Waals surface area (Å²) in [5.74, 6) is 1.64. The Morgan fingerprint density at radius 1 is 1.33 bits per heavy atom. The summed E-state index contributed by atoms with van der Waals surface area (Å²) in [4.78, 5) is 20.3. The number of aromatic amines is 1. The number of pyridine rings is 1. The molecule has 0 atom stereocenters. The number of nitrogens with zero attached hydrogens (tertiary/aromatic N) is 3. The highest BCUT2D eigenvalue weighted by Crippen LogP contribution is 2.33. The molecule has 3 heterocycles. The van der Waals surface area contributed by atoms with Gasteiger partial charge in [-0.15, -0.1) is 0 Å². The van der Waals surface area contributed by atoms with Crippen LogP contribution in [0.5, 0.6) is 5.75 Å². The molecule has 0 aliphatic carbocycles. The molecule has 0 amide bonds. The predicted molar refractivity (Wildman–Crippen MR) is 105 cm³/mol. The molecule has 138 valence electrons. The summed E-state index contributed by atoms with van der Waals surface area (Å²) in [6, 6.07) is 7.60. The van der Waals surface area contributed by atoms with Crippen molar-refractivity contribution in [3.63, 3.8) is 0 Å². The molecule has 0 saturated carbocycles. The molecule has 1 N–H and O–H groups in total. The number of methoxy groups -OCH3 is 1. The lowest BCUT2D eigenvalue weighted by Crippen LogP contribution is -2.29. The van der Waals surface area contributed by atoms with Gasteiger partial charge in [0.25, 0.3) is 5.69 Å². The van der Waals surface area contributed by atoms with Gasteiger partial charge in [0.2, 0.25) is 0 Å². The second-order valence-corrected chi connectivity index (χ2v) is 6.63. The summed E-state index contributed by atoms with van der Waals surface area (Å²) in [6.07, 6.45) is 6.45. The highest BCUT2D eigenvalue weighted by molar-refractivity contribution is 5.94. The quantitative estimate of drug-likeness (QED) is 0.557. The van der Waals surface area contributed by atoms with E-state index in [1.807, 2.05) is 25.3 Å². The molecule has 0 radical (unpaired) electrons. The van der Waals surface area contributed by atoms with E-state index < -0.39 is 4.92 Å². The van der Waals surface area contributed by atoms with E-state index in [2.05, 4.69) is 27.0 Å². The van der Waals surface area contributed by atoms with E-state index in [1.54, 1.807) is 13.2 Å². The predicted octanol–water partition coefficient (Wildman–Crippen LogP) is 4.08. The van der Waals surface area contributed by atoms with Gasteiger partial charge in [-0.05, 0) is 42.7 Å². The molecule has 0 unspecified atom stereocenters. The second kappa shape index (κ2) is 6.75. The van der Waals surface area contributed by atoms with E-state index in [0.717, 1.165) is 47.5 Å². The molecule has 0 fully saturated rings. The van der Waals surface area contributed by atoms with Crippen LogP contribution in [0.4, 0.5) is 11.5 Å². The van der Waals surface area contributed by atoms with Gasteiger partial charge >= 0.3 is 0 Å². The Hall–Kier alpha value is -3.35. The number of aryl methyl sites for hydroxylation is 1. The van der Waals surface area contributed by atoms with Crippen molar-refractivity contribution in [1.29, 1.82) is 0 Å². The van der Waals surface area contributed by atoms with E-state index in [0.29, 0.717) is 0 Å². The maximum Gasteiger partial charge on any atom is 0.287 e. The normalized spacial score (nSPS) is 14.3. The summed E-state index contributed by atoms with van der Waals surface area (Å²) >= 11 is 0. The third-order valence-corrected chi connectivity index (χ3v) is 4.99. The van der Waals surface area contributed by atoms with Crippen LogP contribution < -0.4 is 9.64 Å². The van der Waals surface area contributed by atoms with Gasteiger partial charge in [-0.3, -0.25) is 10.1 Å². The first-order valence-corrected chi connectivity index (χ1v) is 8.77. The van der Waals surface area contributed by atoms with Gasteiger partial charge < -0.3 is 14.6 Å². The number of aromatic nitrogens is 2. The average Bonchev–Trinajstić information content (AvgIpc) is 3.11. The smallest absolute Gasteiger partial charge is 0.287 e. The third-order valence-electron chi connectivity index (χ3n) is 4.99. The minimum Gasteiger partial charge on any atom is -0.497 e. The van der Waals surface area contributed by atoms with Gasteiger partial charge in [-0.1, -0.05) is 6.08 Å². The molecule has 27 heavy (non-hydrogen) atoms. The molecule has 7 nitrogen and oxygen atoms in total. The highest BCUT2D eigenvalue weighted by Gasteiger charge is 2.19. The van der Waals surface area contributed by atoms with Gasteiger partial charge in [0, 0.05) is 41.8 Å². The van der Waals surface area contributed by atoms with Crippen LogP contribution in [-0.4, -0.2) is 35.1 Å². The molecular weight excluding hydrogens is 344 g/mol. The molecule has 7 heteroatoms. The van der Waals surface area contributed by atoms with Gasteiger partial charge in [-0.25, -0.2) is 4.98 Å². The SMILES string of the molecule is COc1ccc2[nH]cc(C3=CCN(c4ncc([N+](=O)[O-])cc4C)CC3)c2c1. The minimum atomic E-state index is -0.413. The number of benzene rings is 1. The van der Waals surface area contributed by atoms with E-state index >= 15 is 0 Å². The van der Waals surface area contributed by atoms with Crippen molar-refractivity contribution in [1.82, 2.24) is 9.97 Å². The fraction of sp³-hybridized carbons (Fsp3) is 0.250. The van der Waals surface area contributed by atoms with Gasteiger partial charge in [0.15, 0.2) is 0 Å². The first-order chi connectivity index (χ1) is 13.1. The minimum absolute atomic E-state index is 0.0252. The number of nitro groups is 1. The zero-order valence-electron chi connectivity index (χ0n) is 15.2. The first kappa shape index (κ1) is 17.1. The third kappa shape index (κ3) is 3.12. The lowest BCUT2D eigenvalue weighted by Gasteiger charge is -2.28. The van der Waals surface area contributed by atoms with Crippen molar-refractivity contribution in [2.24, 2.45) is 0 Å². The second-order valence-electron chi connectivity index (χ2n) is 6.63. The zero-order valence-corrected chi connectivity index (χ0v) is 15.2. The zero-order chi connectivity index (χ0) is 19.0. The summed E-state index contributed by atoms with van der Waals surface area (Å²) in [7, 11) is 1.67. The Balaban J connectivity index is 1.60. The monoisotopic (exact) mass is 364 g/mol. The van der Waals surface area contributed by atoms with Gasteiger partial charge in [0.05, 0.1) is 12.0 Å². The lowest BCUT2D eigenvalue weighted by atomic mass is 9.98. The van der Waals surface area contributed by atoms with Crippen LogP contribution in [0.15, 0.2) is 42.7 Å². The fourth-order valence-electron chi connectivity index (χ4n) is 3.58. The maximum absolute atomic E-state index is 10.9. The van der Waals surface area contributed by atoms with Gasteiger partial charge in [0.1, 0.15) is 17.8 Å². The molecule has 1 aromatic carbocycles. The highest BCUT2D eigenvalue weighted by atomic mass is 16.6. The number of rotatable bonds is 4. The van der Waals surface area contributed by atoms with Crippen LogP contribution in [-0.2, 0) is 0 Å². The summed E-state index contributed by atoms with van der Waals surface area (Å²) < 4.78 is 5.35. The summed E-state index contributed by atoms with van der Waals surface area (Å²) in [5, 5.41) is 12.1. The summed E-state index contributed by atoms with van der Waals surface area (Å²) in [6.45, 7) is 3.40. The van der Waals surface area contributed by atoms with Crippen LogP contribution >= 0.6 is 0 Å². The van der Waals surface area contributed by atoms with Crippen molar-refractivity contribution in [3.05, 3.63) is 64.0 Å². The Kier molecular flexibility index (Phi) is 4.27. The van der Waals surface area contributed by atoms with Crippen LogP contribution in [0.1, 0.15) is 17.5 Å². The molecule has 0 spiro atoms. The summed E-state index contributed by atoms with van der Waals surface area (Å²) in [5.41, 5.74) is 4.40. The van der Waals surface area contributed by atoms with Crippen molar-refractivity contribution in [3.8, 4) is 5.75 Å². The number of anilines is 1. The molecule has 0 saturated heterocycles. The van der Waals surface area contributed by atoms with Crippen molar-refractivity contribution in [2.75, 3.05) is 25.1 Å². The first-order valence-electron chi connectivity index (χ1n) is 8.77. The van der Waals surface area contributed by atoms with E-state index in [4.69, 9.17) is 4.74 Å². The largest absolute Gasteiger partial charge is 0.497 e. The molecular formula is C20H20N4O3. The number of ether oxygens (including phenoxy) is 1. The Labute approximate surface area is 156 Å². The number of nitrogens with one attached hydrogen (secondary N) is 1. The lowest BCUT2D eigenvalue weighted by molar-refractivity contribution is -0.385. The van der Waals surface area contributed by atoms with Crippen LogP contribution in [0.25, 0.3) is 16.5 Å². The number of hydrogen-bond donors (Lipinski definition) is 1. The Bertz CT molecular complexity index is 1050. The van der Waals surface area contributed by atoms with E-state index in [-0.39, 0.29) is 5.69 Å². The number of fused-ring (bicyclic) bond motifs is 1. The fourth-order valence-corrected chi connectivity index (χ4v) is 3.58. The molecule has 4 rings (SSSR count). The van der Waals surface area contributed by atoms with E-state index in [1.165, 1.54) is 17.3 Å². The van der Waals surface area contributed by atoms with Crippen molar-refractivity contribution >= 4 is 28.0 Å². The molecule has 3 aromatic rings. The Morgan fingerprint density at radius 2 is 2.19 bits per heavy atom. The van der Waals surface area contributed by atoms with Crippen LogP contribution in [0, 0.1) is 17.0 Å². The molecule has 1 aliphatic heterocycles. The van der Waals surface area contributed by atoms with Crippen LogP contribution in [0.3, 0.4) is 0 Å². The van der Waals surface area contributed by atoms with E-state index in [9.17, 15) is 10.1 Å². The van der Waals surface area contributed by atoms with Crippen LogP contribution in [0.2, 0.25) is 0 Å². The molecule has 2 aromatic heterocycles. The molecule has 1 aliphatic rings. The average molecular weight is 364 g/mol.